The molecule has 2 aliphatic rings. The number of aliphatic hydroxyl groups is 1. The quantitative estimate of drug-likeness (QED) is 0.216. The fourth-order valence-electron chi connectivity index (χ4n) is 5.82. The third-order valence-electron chi connectivity index (χ3n) is 8.05. The summed E-state index contributed by atoms with van der Waals surface area (Å²) in [5.41, 5.74) is 3.76. The van der Waals surface area contributed by atoms with E-state index in [4.69, 9.17) is 16.3 Å². The highest BCUT2D eigenvalue weighted by Crippen LogP contribution is 2.42. The molecular formula is C32H41ClN2O4S. The Morgan fingerprint density at radius 3 is 2.80 bits per heavy atom. The van der Waals surface area contributed by atoms with E-state index in [9.17, 15) is 14.5 Å². The highest BCUT2D eigenvalue weighted by atomic mass is 35.5. The molecule has 2 aromatic rings. The Balaban J connectivity index is 1.64. The van der Waals surface area contributed by atoms with Gasteiger partial charge in [-0.2, -0.15) is 4.72 Å². The largest absolute Gasteiger partial charge is 0.593 e. The number of anilines is 1. The molecule has 5 atom stereocenters. The summed E-state index contributed by atoms with van der Waals surface area (Å²) in [6.45, 7) is 11.6. The minimum Gasteiger partial charge on any atom is -0.593 e. The molecule has 2 aromatic carbocycles. The van der Waals surface area contributed by atoms with Crippen molar-refractivity contribution in [3.8, 4) is 5.75 Å². The van der Waals surface area contributed by atoms with Crippen LogP contribution < -0.4 is 14.4 Å². The Hall–Kier alpha value is -2.45. The van der Waals surface area contributed by atoms with Crippen LogP contribution >= 0.6 is 11.6 Å². The zero-order valence-electron chi connectivity index (χ0n) is 23.3. The van der Waals surface area contributed by atoms with Gasteiger partial charge in [-0.15, -0.1) is 13.2 Å². The van der Waals surface area contributed by atoms with Crippen molar-refractivity contribution in [2.24, 2.45) is 11.8 Å². The van der Waals surface area contributed by atoms with Crippen molar-refractivity contribution in [1.29, 1.82) is 0 Å². The second-order valence-electron chi connectivity index (χ2n) is 10.8. The lowest BCUT2D eigenvalue weighted by Gasteiger charge is -2.43. The van der Waals surface area contributed by atoms with Gasteiger partial charge in [-0.05, 0) is 79.0 Å². The molecule has 1 amide bonds. The minimum absolute atomic E-state index is 0.103. The molecule has 0 saturated heterocycles. The summed E-state index contributed by atoms with van der Waals surface area (Å²) in [6.07, 6.45) is 8.21. The number of rotatable bonds is 13. The van der Waals surface area contributed by atoms with Gasteiger partial charge < -0.3 is 19.3 Å². The first kappa shape index (κ1) is 30.5. The molecule has 1 saturated carbocycles. The number of ether oxygens (including phenoxy) is 1. The first-order chi connectivity index (χ1) is 19.3. The molecule has 1 heterocycles. The number of benzene rings is 2. The average molecular weight is 585 g/mol. The summed E-state index contributed by atoms with van der Waals surface area (Å²) in [5.74, 6) is 1.32. The maximum absolute atomic E-state index is 13.0. The van der Waals surface area contributed by atoms with Crippen LogP contribution in [0.2, 0.25) is 5.02 Å². The van der Waals surface area contributed by atoms with Gasteiger partial charge in [0.1, 0.15) is 11.5 Å². The number of allylic oxidation sites excluding steroid dienone is 1. The number of carbonyl (C=O) groups is 1. The van der Waals surface area contributed by atoms with E-state index < -0.39 is 17.5 Å². The standard InChI is InChI=1S/C32H41ClN2O4S/c1-4-7-16-40(38)34-32(37)23-11-15-31-29(18-23)35(19-24-10-13-28(24)30(36)9-6-3)20-25(21-39-31)27-14-12-26(33)17-22(27)8-5-2/h4,6,11-12,14-15,17-18,24-25,28,30,36H,1,3,5,7-10,13,16,19-21H2,2H3,(H,34,37). The Kier molecular flexibility index (Phi) is 11.0. The van der Waals surface area contributed by atoms with E-state index in [2.05, 4.69) is 41.8 Å². The Labute approximate surface area is 246 Å². The summed E-state index contributed by atoms with van der Waals surface area (Å²) >= 11 is 4.89. The van der Waals surface area contributed by atoms with E-state index in [0.717, 1.165) is 48.7 Å². The zero-order valence-corrected chi connectivity index (χ0v) is 24.9. The van der Waals surface area contributed by atoms with Gasteiger partial charge >= 0.3 is 0 Å². The first-order valence-corrected chi connectivity index (χ1v) is 15.9. The van der Waals surface area contributed by atoms with E-state index in [-0.39, 0.29) is 17.7 Å². The van der Waals surface area contributed by atoms with Gasteiger partial charge in [0.2, 0.25) is 0 Å². The van der Waals surface area contributed by atoms with Crippen molar-refractivity contribution in [3.63, 3.8) is 0 Å². The van der Waals surface area contributed by atoms with Crippen LogP contribution in [0, 0.1) is 11.8 Å². The van der Waals surface area contributed by atoms with Crippen LogP contribution in [-0.4, -0.2) is 47.1 Å². The molecule has 5 unspecified atom stereocenters. The predicted molar refractivity (Wildman–Crippen MR) is 165 cm³/mol. The summed E-state index contributed by atoms with van der Waals surface area (Å²) < 4.78 is 21.3. The van der Waals surface area contributed by atoms with Crippen LogP contribution in [0.25, 0.3) is 0 Å². The van der Waals surface area contributed by atoms with E-state index in [1.807, 2.05) is 18.2 Å². The lowest BCUT2D eigenvalue weighted by Crippen LogP contribution is -2.44. The van der Waals surface area contributed by atoms with Crippen molar-refractivity contribution in [2.75, 3.05) is 30.3 Å². The van der Waals surface area contributed by atoms with Gasteiger partial charge in [-0.25, -0.2) is 0 Å². The smallest absolute Gasteiger partial charge is 0.292 e. The third kappa shape index (κ3) is 7.43. The second-order valence-corrected chi connectivity index (χ2v) is 12.6. The van der Waals surface area contributed by atoms with E-state index >= 15 is 0 Å². The maximum Gasteiger partial charge on any atom is 0.292 e. The van der Waals surface area contributed by atoms with Crippen molar-refractivity contribution in [3.05, 3.63) is 83.4 Å². The van der Waals surface area contributed by atoms with Crippen LogP contribution in [-0.2, 0) is 17.8 Å². The summed E-state index contributed by atoms with van der Waals surface area (Å²) in [6, 6.07) is 11.5. The van der Waals surface area contributed by atoms with Crippen LogP contribution in [0.5, 0.6) is 5.75 Å². The summed E-state index contributed by atoms with van der Waals surface area (Å²) in [7, 11) is 0. The lowest BCUT2D eigenvalue weighted by atomic mass is 9.69. The van der Waals surface area contributed by atoms with Crippen LogP contribution in [0.3, 0.4) is 0 Å². The molecule has 0 radical (unpaired) electrons. The molecule has 6 nitrogen and oxygen atoms in total. The number of hydrogen-bond donors (Lipinski definition) is 2. The molecule has 2 N–H and O–H groups in total. The molecule has 1 aliphatic carbocycles. The van der Waals surface area contributed by atoms with E-state index in [1.54, 1.807) is 18.2 Å². The number of fused-ring (bicyclic) bond motifs is 1. The normalized spacial score (nSPS) is 21.7. The van der Waals surface area contributed by atoms with Crippen LogP contribution in [0.15, 0.2) is 61.7 Å². The average Bonchev–Trinajstić information content (AvgIpc) is 3.09. The Morgan fingerprint density at radius 1 is 1.27 bits per heavy atom. The summed E-state index contributed by atoms with van der Waals surface area (Å²) in [5, 5.41) is 11.5. The molecule has 40 heavy (non-hydrogen) atoms. The number of amides is 1. The van der Waals surface area contributed by atoms with Crippen molar-refractivity contribution >= 4 is 34.6 Å². The van der Waals surface area contributed by atoms with Gasteiger partial charge in [-0.1, -0.05) is 43.2 Å². The van der Waals surface area contributed by atoms with Crippen molar-refractivity contribution in [2.45, 2.75) is 57.5 Å². The molecule has 8 heteroatoms. The molecule has 4 rings (SSSR count). The fourth-order valence-corrected chi connectivity index (χ4v) is 6.82. The molecule has 0 spiro atoms. The van der Waals surface area contributed by atoms with Crippen LogP contribution in [0.1, 0.15) is 66.4 Å². The van der Waals surface area contributed by atoms with E-state index in [0.29, 0.717) is 43.2 Å². The maximum atomic E-state index is 13.0. The zero-order chi connectivity index (χ0) is 28.6. The van der Waals surface area contributed by atoms with Gasteiger partial charge in [0.25, 0.3) is 5.91 Å². The minimum atomic E-state index is -1.48. The number of nitrogens with one attached hydrogen (secondary N) is 1. The predicted octanol–water partition coefficient (Wildman–Crippen LogP) is 6.21. The van der Waals surface area contributed by atoms with Gasteiger partial charge in [-0.3, -0.25) is 4.79 Å². The fraction of sp³-hybridized carbons (Fsp3) is 0.469. The monoisotopic (exact) mass is 584 g/mol. The van der Waals surface area contributed by atoms with Gasteiger partial charge in [0.15, 0.2) is 0 Å². The molecule has 216 valence electrons. The SMILES string of the molecule is C=CCC[S+]([O-])NC(=O)c1ccc2c(c1)N(CC1CCC1C(O)CC=C)CC(c1ccc(Cl)cc1CCC)CO2. The van der Waals surface area contributed by atoms with Crippen molar-refractivity contribution < 1.29 is 19.2 Å². The highest BCUT2D eigenvalue weighted by Gasteiger charge is 2.38. The number of nitrogens with zero attached hydrogens (tertiary/aromatic N) is 1. The molecular weight excluding hydrogens is 544 g/mol. The highest BCUT2D eigenvalue weighted by molar-refractivity contribution is 7.90. The summed E-state index contributed by atoms with van der Waals surface area (Å²) in [4.78, 5) is 15.3. The number of halogens is 1. The third-order valence-corrected chi connectivity index (χ3v) is 9.31. The number of carbonyl (C=O) groups excluding carboxylic acids is 1. The Bertz CT molecular complexity index is 1190. The molecule has 0 aromatic heterocycles. The van der Waals surface area contributed by atoms with Gasteiger partial charge in [0.05, 0.1) is 29.8 Å². The van der Waals surface area contributed by atoms with E-state index in [1.165, 1.54) is 11.1 Å². The number of hydrogen-bond acceptors (Lipinski definition) is 5. The number of aryl methyl sites for hydroxylation is 1. The van der Waals surface area contributed by atoms with Crippen molar-refractivity contribution in [1.82, 2.24) is 4.72 Å². The topological polar surface area (TPSA) is 84.9 Å². The molecule has 1 aliphatic heterocycles. The lowest BCUT2D eigenvalue weighted by molar-refractivity contribution is 0.0181. The first-order valence-electron chi connectivity index (χ1n) is 14.2. The molecule has 1 fully saturated rings. The second kappa shape index (κ2) is 14.4. The Morgan fingerprint density at radius 2 is 2.10 bits per heavy atom. The molecule has 0 bridgehead atoms. The van der Waals surface area contributed by atoms with Gasteiger partial charge in [0, 0.05) is 36.0 Å². The van der Waals surface area contributed by atoms with Crippen LogP contribution in [0.4, 0.5) is 5.69 Å². The number of aliphatic hydroxyl groups excluding tert-OH is 1.